The van der Waals surface area contributed by atoms with Gasteiger partial charge in [0.15, 0.2) is 0 Å². The first-order chi connectivity index (χ1) is 14.5. The maximum Gasteiger partial charge on any atom is 0.106 e. The third-order valence-electron chi connectivity index (χ3n) is 5.70. The number of aliphatic hydroxyl groups excluding tert-OH is 1. The summed E-state index contributed by atoms with van der Waals surface area (Å²) in [6.07, 6.45) is 19.8. The predicted octanol–water partition coefficient (Wildman–Crippen LogP) is 3.69. The molecule has 6 heteroatoms. The molecule has 3 N–H and O–H groups in total. The molecule has 0 atom stereocenters. The molecular weight excluding hydrogens is 376 g/mol. The van der Waals surface area contributed by atoms with Crippen LogP contribution >= 0.6 is 0 Å². The van der Waals surface area contributed by atoms with Gasteiger partial charge in [0, 0.05) is 43.5 Å². The minimum absolute atomic E-state index is 0.159. The van der Waals surface area contributed by atoms with Gasteiger partial charge in [-0.15, -0.1) is 0 Å². The zero-order chi connectivity index (χ0) is 21.5. The molecule has 2 saturated carbocycles. The Bertz CT molecular complexity index is 805. The van der Waals surface area contributed by atoms with Crippen LogP contribution in [0.5, 0.6) is 0 Å². The normalized spacial score (nSPS) is 26.9. The number of hydrogen-bond acceptors (Lipinski definition) is 6. The van der Waals surface area contributed by atoms with E-state index in [0.717, 1.165) is 48.2 Å². The van der Waals surface area contributed by atoms with Crippen LogP contribution in [0.15, 0.2) is 64.7 Å². The Hall–Kier alpha value is -2.60. The second-order valence-electron chi connectivity index (χ2n) is 8.40. The van der Waals surface area contributed by atoms with Gasteiger partial charge in [-0.05, 0) is 62.3 Å². The first kappa shape index (κ1) is 22.1. The molecule has 0 radical (unpaired) electrons. The van der Waals surface area contributed by atoms with Crippen LogP contribution in [0.4, 0.5) is 0 Å². The van der Waals surface area contributed by atoms with Crippen LogP contribution in [0.3, 0.4) is 0 Å². The molecule has 0 aromatic carbocycles. The summed E-state index contributed by atoms with van der Waals surface area (Å²) >= 11 is 0. The summed E-state index contributed by atoms with van der Waals surface area (Å²) in [6, 6.07) is 0.365. The highest BCUT2D eigenvalue weighted by molar-refractivity contribution is 6.10. The minimum atomic E-state index is -0.159. The van der Waals surface area contributed by atoms with E-state index < -0.39 is 0 Å². The Morgan fingerprint density at radius 3 is 2.53 bits per heavy atom. The molecule has 2 fully saturated rings. The van der Waals surface area contributed by atoms with Crippen molar-refractivity contribution in [3.8, 4) is 0 Å². The lowest BCUT2D eigenvalue weighted by Crippen LogP contribution is -2.32. The van der Waals surface area contributed by atoms with Crippen molar-refractivity contribution in [3.63, 3.8) is 0 Å². The van der Waals surface area contributed by atoms with Crippen LogP contribution in [-0.4, -0.2) is 54.8 Å². The summed E-state index contributed by atoms with van der Waals surface area (Å²) in [5.74, 6) is 0.530. The highest BCUT2D eigenvalue weighted by atomic mass is 16.6. The van der Waals surface area contributed by atoms with Gasteiger partial charge in [-0.3, -0.25) is 0 Å². The van der Waals surface area contributed by atoms with Gasteiger partial charge in [0.2, 0.25) is 0 Å². The smallest absolute Gasteiger partial charge is 0.106 e. The van der Waals surface area contributed by atoms with E-state index in [4.69, 9.17) is 10.2 Å². The molecule has 0 aromatic heterocycles. The van der Waals surface area contributed by atoms with Crippen molar-refractivity contribution in [2.75, 3.05) is 21.2 Å². The number of aliphatic hydroxyl groups is 1. The van der Waals surface area contributed by atoms with Gasteiger partial charge in [0.1, 0.15) is 7.11 Å². The van der Waals surface area contributed by atoms with E-state index in [-0.39, 0.29) is 6.10 Å². The zero-order valence-corrected chi connectivity index (χ0v) is 18.3. The number of nitrogens with one attached hydrogen (secondary N) is 2. The largest absolute Gasteiger partial charge is 0.399 e. The SMILES string of the molecule is CO/N=C(/C=C\C=C\C1=CC(=C/NC2CCC(O)CC2)/C(=N)C=C1N(C)C)C1CC1. The van der Waals surface area contributed by atoms with Crippen LogP contribution in [0.25, 0.3) is 0 Å². The van der Waals surface area contributed by atoms with Crippen molar-refractivity contribution in [1.29, 1.82) is 5.41 Å². The number of oxime groups is 1. The summed E-state index contributed by atoms with van der Waals surface area (Å²) < 4.78 is 0. The van der Waals surface area contributed by atoms with Crippen molar-refractivity contribution < 1.29 is 9.94 Å². The highest BCUT2D eigenvalue weighted by Crippen LogP contribution is 2.31. The van der Waals surface area contributed by atoms with E-state index >= 15 is 0 Å². The maximum absolute atomic E-state index is 9.68. The first-order valence-corrected chi connectivity index (χ1v) is 10.8. The van der Waals surface area contributed by atoms with E-state index in [1.54, 1.807) is 7.11 Å². The molecule has 3 aliphatic carbocycles. The number of allylic oxidation sites excluding steroid dienone is 7. The third-order valence-corrected chi connectivity index (χ3v) is 5.70. The molecule has 0 unspecified atom stereocenters. The van der Waals surface area contributed by atoms with Crippen LogP contribution in [-0.2, 0) is 4.84 Å². The molecule has 0 saturated heterocycles. The van der Waals surface area contributed by atoms with Crippen molar-refractivity contribution in [2.24, 2.45) is 11.1 Å². The Morgan fingerprint density at radius 1 is 1.17 bits per heavy atom. The summed E-state index contributed by atoms with van der Waals surface area (Å²) in [4.78, 5) is 6.97. The van der Waals surface area contributed by atoms with Gasteiger partial charge in [-0.25, -0.2) is 0 Å². The van der Waals surface area contributed by atoms with Gasteiger partial charge in [-0.2, -0.15) is 0 Å². The molecule has 6 nitrogen and oxygen atoms in total. The molecule has 0 spiro atoms. The fourth-order valence-corrected chi connectivity index (χ4v) is 3.75. The molecule has 0 amide bonds. The van der Waals surface area contributed by atoms with E-state index in [1.807, 2.05) is 49.5 Å². The summed E-state index contributed by atoms with van der Waals surface area (Å²) in [5.41, 5.74) is 4.43. The number of nitrogens with zero attached hydrogens (tertiary/aromatic N) is 2. The van der Waals surface area contributed by atoms with Gasteiger partial charge >= 0.3 is 0 Å². The molecule has 0 bridgehead atoms. The summed E-state index contributed by atoms with van der Waals surface area (Å²) in [5, 5.41) is 25.7. The molecule has 0 aliphatic heterocycles. The second kappa shape index (κ2) is 10.4. The molecule has 0 heterocycles. The van der Waals surface area contributed by atoms with Gasteiger partial charge in [0.25, 0.3) is 0 Å². The molecule has 3 aliphatic rings. The van der Waals surface area contributed by atoms with E-state index in [9.17, 15) is 5.11 Å². The lowest BCUT2D eigenvalue weighted by Gasteiger charge is -2.26. The van der Waals surface area contributed by atoms with Crippen LogP contribution in [0.1, 0.15) is 38.5 Å². The highest BCUT2D eigenvalue weighted by Gasteiger charge is 2.26. The third kappa shape index (κ3) is 6.20. The Morgan fingerprint density at radius 2 is 1.90 bits per heavy atom. The maximum atomic E-state index is 9.68. The average Bonchev–Trinajstić information content (AvgIpc) is 3.56. The number of likely N-dealkylation sites (N-methyl/N-ethyl adjacent to an activating group) is 1. The van der Waals surface area contributed by atoms with Crippen molar-refractivity contribution in [1.82, 2.24) is 10.2 Å². The fraction of sp³-hybridized carbons (Fsp3) is 0.500. The Kier molecular flexibility index (Phi) is 7.69. The molecular formula is C24H34N4O2. The van der Waals surface area contributed by atoms with Gasteiger partial charge < -0.3 is 25.6 Å². The zero-order valence-electron chi connectivity index (χ0n) is 18.3. The van der Waals surface area contributed by atoms with Crippen molar-refractivity contribution >= 4 is 11.4 Å². The molecule has 30 heavy (non-hydrogen) atoms. The Labute approximate surface area is 179 Å². The number of rotatable bonds is 8. The molecule has 0 aromatic rings. The topological polar surface area (TPSA) is 80.9 Å². The minimum Gasteiger partial charge on any atom is -0.399 e. The molecule has 162 valence electrons. The summed E-state index contributed by atoms with van der Waals surface area (Å²) in [7, 11) is 5.57. The quantitative estimate of drug-likeness (QED) is 0.324. The van der Waals surface area contributed by atoms with Crippen LogP contribution < -0.4 is 5.32 Å². The van der Waals surface area contributed by atoms with Gasteiger partial charge in [0.05, 0.1) is 17.5 Å². The average molecular weight is 411 g/mol. The number of hydrogen-bond donors (Lipinski definition) is 3. The van der Waals surface area contributed by atoms with Crippen LogP contribution in [0, 0.1) is 11.3 Å². The van der Waals surface area contributed by atoms with Crippen LogP contribution in [0.2, 0.25) is 0 Å². The molecule has 3 rings (SSSR count). The predicted molar refractivity (Wildman–Crippen MR) is 123 cm³/mol. The lowest BCUT2D eigenvalue weighted by atomic mass is 9.93. The van der Waals surface area contributed by atoms with E-state index in [2.05, 4.69) is 22.6 Å². The summed E-state index contributed by atoms with van der Waals surface area (Å²) in [6.45, 7) is 0. The first-order valence-electron chi connectivity index (χ1n) is 10.8. The van der Waals surface area contributed by atoms with E-state index in [1.165, 1.54) is 12.8 Å². The fourth-order valence-electron chi connectivity index (χ4n) is 3.75. The lowest BCUT2D eigenvalue weighted by molar-refractivity contribution is 0.119. The standard InChI is InChI=1S/C24H34N4O2/c1-28(2)24-15-22(25)19(16-26-20-10-12-21(29)13-11-20)14-18(24)6-4-5-7-23(27-30-3)17-8-9-17/h4-7,14-17,20-21,25-26,29H,8-13H2,1-3H3/b6-4+,7-5-,19-16-,25-22?,27-23-. The van der Waals surface area contributed by atoms with Crippen molar-refractivity contribution in [3.05, 3.63) is 59.5 Å². The van der Waals surface area contributed by atoms with Gasteiger partial charge in [-0.1, -0.05) is 23.4 Å². The second-order valence-corrected chi connectivity index (χ2v) is 8.40. The van der Waals surface area contributed by atoms with Crippen molar-refractivity contribution in [2.45, 2.75) is 50.7 Å². The Balaban J connectivity index is 1.70. The van der Waals surface area contributed by atoms with E-state index in [0.29, 0.717) is 17.7 Å². The monoisotopic (exact) mass is 410 g/mol.